The molecule has 73 heavy (non-hydrogen) atoms. The molecule has 0 amide bonds. The van der Waals surface area contributed by atoms with Gasteiger partial charge >= 0.3 is 5.97 Å². The Labute approximate surface area is 444 Å². The van der Waals surface area contributed by atoms with Crippen molar-refractivity contribution < 1.29 is 32.3 Å². The van der Waals surface area contributed by atoms with Crippen molar-refractivity contribution in [2.75, 3.05) is 19.8 Å². The molecule has 398 valence electrons. The average Bonchev–Trinajstić information content (AvgIpc) is 3.91. The van der Waals surface area contributed by atoms with Crippen LogP contribution < -0.4 is 20.7 Å². The molecule has 0 aromatic heterocycles. The zero-order valence-electron chi connectivity index (χ0n) is 47.7. The highest BCUT2D eigenvalue weighted by molar-refractivity contribution is 7.00. The van der Waals surface area contributed by atoms with E-state index in [2.05, 4.69) is 211 Å². The minimum absolute atomic E-state index is 0.00765. The molecule has 1 aliphatic heterocycles. The van der Waals surface area contributed by atoms with Gasteiger partial charge in [-0.05, 0) is 119 Å². The summed E-state index contributed by atoms with van der Waals surface area (Å²) in [6.45, 7) is 37.2. The Bertz CT molecular complexity index is 2380. The Hall–Kier alpha value is -3.49. The summed E-state index contributed by atoms with van der Waals surface area (Å²) in [5.74, 6) is -0.121. The molecule has 4 aromatic carbocycles. The van der Waals surface area contributed by atoms with Crippen molar-refractivity contribution in [3.63, 3.8) is 0 Å². The Morgan fingerprint density at radius 1 is 0.644 bits per heavy atom. The van der Waals surface area contributed by atoms with E-state index >= 15 is 4.79 Å². The smallest absolute Gasteiger partial charge is 0.311 e. The summed E-state index contributed by atoms with van der Waals surface area (Å²) >= 11 is 0. The van der Waals surface area contributed by atoms with E-state index in [1.807, 2.05) is 20.8 Å². The summed E-state index contributed by atoms with van der Waals surface area (Å²) in [4.78, 5) is 28.7. The van der Waals surface area contributed by atoms with Crippen molar-refractivity contribution >= 4 is 57.5 Å². The van der Waals surface area contributed by atoms with Gasteiger partial charge in [0.05, 0.1) is 36.4 Å². The first-order chi connectivity index (χ1) is 34.0. The Morgan fingerprint density at radius 2 is 1.11 bits per heavy atom. The second kappa shape index (κ2) is 21.5. The minimum Gasteiger partial charge on any atom is -0.465 e. The lowest BCUT2D eigenvalue weighted by Crippen LogP contribution is -2.68. The fraction of sp³-hybridized carbons (Fsp3) is 0.587. The van der Waals surface area contributed by atoms with E-state index in [0.717, 1.165) is 19.3 Å². The van der Waals surface area contributed by atoms with Crippen LogP contribution in [0.2, 0.25) is 28.2 Å². The molecule has 1 saturated heterocycles. The highest BCUT2D eigenvalue weighted by atomic mass is 28.4. The van der Waals surface area contributed by atoms with E-state index in [-0.39, 0.29) is 68.2 Å². The molecule has 3 fully saturated rings. The maximum absolute atomic E-state index is 15.3. The Morgan fingerprint density at radius 3 is 1.55 bits per heavy atom. The van der Waals surface area contributed by atoms with Crippen molar-refractivity contribution in [3.05, 3.63) is 121 Å². The van der Waals surface area contributed by atoms with Crippen molar-refractivity contribution in [3.8, 4) is 0 Å². The van der Waals surface area contributed by atoms with Crippen LogP contribution in [-0.4, -0.2) is 74.3 Å². The number of rotatable bonds is 17. The van der Waals surface area contributed by atoms with Gasteiger partial charge in [0, 0.05) is 24.9 Å². The van der Waals surface area contributed by atoms with Crippen molar-refractivity contribution in [2.24, 2.45) is 34.5 Å². The van der Waals surface area contributed by atoms with Crippen LogP contribution in [0.5, 0.6) is 0 Å². The fourth-order valence-corrected chi connectivity index (χ4v) is 23.5. The standard InChI is InChI=1S/C63H92O7Si3/c1-46-41-47(44-68-72(60(8,9)10,48-29-21-17-22-30-48)49-31-23-18-24-32-49)69-63(46)39-38-62(14,56(63)37-40-66-57(65)58(2,3)4)43-52-53(45-67-71(15,16)59(5,6)7)55(42-54(52)64)70-73(61(11,12)13,50-33-25-19-26-34-50)51-35-27-20-28-36-51/h17-36,46-47,52-53,55-56H,37-45H2,1-16H3/t46-,47+,52-,53+,55-,56+,62+,63-/m0/s1. The highest BCUT2D eigenvalue weighted by Gasteiger charge is 2.64. The van der Waals surface area contributed by atoms with Gasteiger partial charge in [-0.25, -0.2) is 0 Å². The summed E-state index contributed by atoms with van der Waals surface area (Å²) in [5, 5.41) is 4.51. The molecule has 2 saturated carbocycles. The zero-order chi connectivity index (χ0) is 53.5. The van der Waals surface area contributed by atoms with Crippen LogP contribution in [0, 0.1) is 34.5 Å². The summed E-state index contributed by atoms with van der Waals surface area (Å²) in [7, 11) is -8.12. The molecule has 2 aliphatic carbocycles. The SMILES string of the molecule is C[C@H]1C[C@H](CO[Si](c2ccccc2)(c2ccccc2)C(C)(C)C)O[C@@]12CC[C@](C)(C[C@@H]1C(=O)C[C@H](O[Si](c3ccccc3)(c3ccccc3)C(C)(C)C)[C@@H]1CO[Si](C)(C)C(C)(C)C)[C@H]2CCOC(=O)C(C)(C)C. The van der Waals surface area contributed by atoms with Crippen LogP contribution in [0.1, 0.15) is 135 Å². The number of ketones is 1. The van der Waals surface area contributed by atoms with Crippen LogP contribution in [0.15, 0.2) is 121 Å². The van der Waals surface area contributed by atoms with Crippen LogP contribution in [0.4, 0.5) is 0 Å². The fourth-order valence-electron chi connectivity index (χ4n) is 13.2. The molecule has 7 rings (SSSR count). The first-order valence-corrected chi connectivity index (χ1v) is 34.3. The lowest BCUT2D eigenvalue weighted by atomic mass is 9.65. The highest BCUT2D eigenvalue weighted by Crippen LogP contribution is 2.62. The third-order valence-corrected chi connectivity index (χ3v) is 32.8. The van der Waals surface area contributed by atoms with Gasteiger partial charge in [0.25, 0.3) is 16.6 Å². The molecule has 3 aliphatic rings. The minimum atomic E-state index is -3.04. The summed E-state index contributed by atoms with van der Waals surface area (Å²) < 4.78 is 36.6. The molecular formula is C63H92O7Si3. The van der Waals surface area contributed by atoms with E-state index < -0.39 is 36.0 Å². The second-order valence-electron chi connectivity index (χ2n) is 27.2. The van der Waals surface area contributed by atoms with Gasteiger partial charge in [0.15, 0.2) is 8.32 Å². The third kappa shape index (κ3) is 11.3. The molecule has 0 bridgehead atoms. The first-order valence-electron chi connectivity index (χ1n) is 27.6. The number of carbonyl (C=O) groups is 2. The van der Waals surface area contributed by atoms with Crippen LogP contribution in [-0.2, 0) is 32.3 Å². The molecular weight excluding hydrogens is 953 g/mol. The summed E-state index contributed by atoms with van der Waals surface area (Å²) in [6.07, 6.45) is 3.88. The number of ether oxygens (including phenoxy) is 2. The molecule has 0 N–H and O–H groups in total. The lowest BCUT2D eigenvalue weighted by Gasteiger charge is -2.46. The van der Waals surface area contributed by atoms with Gasteiger partial charge in [-0.1, -0.05) is 197 Å². The number of hydrogen-bond acceptors (Lipinski definition) is 7. The number of benzene rings is 4. The van der Waals surface area contributed by atoms with Gasteiger partial charge in [0.1, 0.15) is 5.78 Å². The zero-order valence-corrected chi connectivity index (χ0v) is 50.7. The predicted molar refractivity (Wildman–Crippen MR) is 308 cm³/mol. The quantitative estimate of drug-likeness (QED) is 0.0770. The lowest BCUT2D eigenvalue weighted by molar-refractivity contribution is -0.156. The number of esters is 1. The van der Waals surface area contributed by atoms with E-state index in [1.165, 1.54) is 20.7 Å². The van der Waals surface area contributed by atoms with Gasteiger partial charge in [0.2, 0.25) is 0 Å². The number of Topliss-reactive ketones (excluding diaryl/α,β-unsaturated/α-hetero) is 1. The third-order valence-electron chi connectivity index (χ3n) is 18.2. The summed E-state index contributed by atoms with van der Waals surface area (Å²) in [6, 6.07) is 43.4. The van der Waals surface area contributed by atoms with Gasteiger partial charge < -0.3 is 22.8 Å². The molecule has 0 radical (unpaired) electrons. The second-order valence-corrected chi connectivity index (χ2v) is 40.6. The molecule has 1 heterocycles. The molecule has 10 heteroatoms. The van der Waals surface area contributed by atoms with Gasteiger partial charge in [-0.3, -0.25) is 9.59 Å². The van der Waals surface area contributed by atoms with E-state index in [1.54, 1.807) is 0 Å². The van der Waals surface area contributed by atoms with Crippen LogP contribution >= 0.6 is 0 Å². The van der Waals surface area contributed by atoms with Crippen LogP contribution in [0.25, 0.3) is 0 Å². The molecule has 0 unspecified atom stereocenters. The molecule has 1 spiro atoms. The maximum Gasteiger partial charge on any atom is 0.311 e. The number of hydrogen-bond donors (Lipinski definition) is 0. The number of carbonyl (C=O) groups excluding carboxylic acids is 2. The van der Waals surface area contributed by atoms with Gasteiger partial charge in [-0.15, -0.1) is 0 Å². The Kier molecular flexibility index (Phi) is 16.9. The van der Waals surface area contributed by atoms with E-state index in [0.29, 0.717) is 39.1 Å². The average molecular weight is 1050 g/mol. The van der Waals surface area contributed by atoms with Crippen molar-refractivity contribution in [1.29, 1.82) is 0 Å². The molecule has 4 aromatic rings. The first kappa shape index (κ1) is 57.2. The monoisotopic (exact) mass is 1040 g/mol. The maximum atomic E-state index is 15.3. The van der Waals surface area contributed by atoms with Gasteiger partial charge in [-0.2, -0.15) is 0 Å². The van der Waals surface area contributed by atoms with Crippen molar-refractivity contribution in [1.82, 2.24) is 0 Å². The summed E-state index contributed by atoms with van der Waals surface area (Å²) in [5.41, 5.74) is -1.41. The molecule has 8 atom stereocenters. The topological polar surface area (TPSA) is 80.3 Å². The van der Waals surface area contributed by atoms with Crippen LogP contribution in [0.3, 0.4) is 0 Å². The Balaban J connectivity index is 1.26. The normalized spacial score (nSPS) is 26.4. The van der Waals surface area contributed by atoms with E-state index in [4.69, 9.17) is 22.8 Å². The molecule has 7 nitrogen and oxygen atoms in total. The van der Waals surface area contributed by atoms with Crippen molar-refractivity contribution in [2.45, 2.75) is 181 Å². The van der Waals surface area contributed by atoms with E-state index in [9.17, 15) is 4.79 Å². The largest absolute Gasteiger partial charge is 0.465 e. The predicted octanol–water partition coefficient (Wildman–Crippen LogP) is 12.7.